The van der Waals surface area contributed by atoms with Crippen molar-refractivity contribution in [3.05, 3.63) is 95.3 Å². The zero-order chi connectivity index (χ0) is 20.1. The zero-order valence-electron chi connectivity index (χ0n) is 15.5. The van der Waals surface area contributed by atoms with Crippen molar-refractivity contribution in [2.75, 3.05) is 12.1 Å². The molecule has 1 amide bonds. The Labute approximate surface area is 167 Å². The van der Waals surface area contributed by atoms with Gasteiger partial charge in [-0.05, 0) is 47.0 Å². The van der Waals surface area contributed by atoms with Crippen LogP contribution in [0.25, 0.3) is 18.2 Å². The van der Waals surface area contributed by atoms with Gasteiger partial charge in [-0.1, -0.05) is 54.6 Å². The molecule has 0 radical (unpaired) electrons. The predicted octanol–water partition coefficient (Wildman–Crippen LogP) is 5.38. The highest BCUT2D eigenvalue weighted by Gasteiger charge is 2.12. The molecule has 1 N–H and O–H groups in total. The standard InChI is InChI=1S/C24H18FNO3/c25-20-14-18(6-7-19-9-12-22-23(15-19)29-16-28-22)8-11-21(20)26-24(27)13-10-17-4-2-1-3-5-17/h1-15H,16H2,(H,26,27)/b7-6+,13-10+. The Bertz CT molecular complexity index is 1090. The van der Waals surface area contributed by atoms with Crippen LogP contribution in [0.1, 0.15) is 16.7 Å². The van der Waals surface area contributed by atoms with Crippen molar-refractivity contribution >= 4 is 29.8 Å². The lowest BCUT2D eigenvalue weighted by Crippen LogP contribution is -2.09. The number of carbonyl (C=O) groups excluding carboxylic acids is 1. The fourth-order valence-electron chi connectivity index (χ4n) is 2.86. The molecule has 29 heavy (non-hydrogen) atoms. The SMILES string of the molecule is O=C(/C=C/c1ccccc1)Nc1ccc(/C=C/c2ccc3c(c2)OCO3)cc1F. The highest BCUT2D eigenvalue weighted by atomic mass is 19.1. The first-order valence-corrected chi connectivity index (χ1v) is 9.09. The lowest BCUT2D eigenvalue weighted by Gasteiger charge is -2.05. The van der Waals surface area contributed by atoms with Gasteiger partial charge in [0.05, 0.1) is 5.69 Å². The summed E-state index contributed by atoms with van der Waals surface area (Å²) in [6.07, 6.45) is 6.71. The lowest BCUT2D eigenvalue weighted by molar-refractivity contribution is -0.111. The molecule has 0 fully saturated rings. The summed E-state index contributed by atoms with van der Waals surface area (Å²) in [5.74, 6) is 0.519. The maximum Gasteiger partial charge on any atom is 0.248 e. The fourth-order valence-corrected chi connectivity index (χ4v) is 2.86. The number of fused-ring (bicyclic) bond motifs is 1. The highest BCUT2D eigenvalue weighted by molar-refractivity contribution is 6.02. The molecule has 0 aromatic heterocycles. The Morgan fingerprint density at radius 1 is 0.828 bits per heavy atom. The monoisotopic (exact) mass is 387 g/mol. The van der Waals surface area contributed by atoms with E-state index in [1.165, 1.54) is 12.1 Å². The van der Waals surface area contributed by atoms with Gasteiger partial charge in [0.1, 0.15) is 5.82 Å². The van der Waals surface area contributed by atoms with Gasteiger partial charge in [0, 0.05) is 6.08 Å². The van der Waals surface area contributed by atoms with E-state index in [4.69, 9.17) is 9.47 Å². The molecule has 0 saturated carbocycles. The number of anilines is 1. The Morgan fingerprint density at radius 3 is 2.34 bits per heavy atom. The number of rotatable bonds is 5. The Balaban J connectivity index is 1.41. The van der Waals surface area contributed by atoms with E-state index in [1.807, 2.05) is 54.6 Å². The average Bonchev–Trinajstić information content (AvgIpc) is 3.21. The third-order valence-electron chi connectivity index (χ3n) is 4.34. The van der Waals surface area contributed by atoms with Gasteiger partial charge in [-0.2, -0.15) is 0 Å². The smallest absolute Gasteiger partial charge is 0.248 e. The molecule has 3 aromatic carbocycles. The van der Waals surface area contributed by atoms with E-state index in [0.717, 1.165) is 16.9 Å². The zero-order valence-corrected chi connectivity index (χ0v) is 15.5. The Hall–Kier alpha value is -3.86. The Morgan fingerprint density at radius 2 is 1.55 bits per heavy atom. The molecule has 0 unspecified atom stereocenters. The molecular weight excluding hydrogens is 369 g/mol. The topological polar surface area (TPSA) is 47.6 Å². The molecule has 1 aliphatic heterocycles. The molecule has 1 heterocycles. The first-order valence-electron chi connectivity index (χ1n) is 9.09. The van der Waals surface area contributed by atoms with E-state index in [2.05, 4.69) is 5.32 Å². The van der Waals surface area contributed by atoms with Gasteiger partial charge in [-0.3, -0.25) is 4.79 Å². The second kappa shape index (κ2) is 8.44. The normalized spacial score (nSPS) is 12.6. The van der Waals surface area contributed by atoms with Crippen LogP contribution in [0.2, 0.25) is 0 Å². The maximum atomic E-state index is 14.4. The van der Waals surface area contributed by atoms with Crippen molar-refractivity contribution in [1.82, 2.24) is 0 Å². The summed E-state index contributed by atoms with van der Waals surface area (Å²) in [7, 11) is 0. The van der Waals surface area contributed by atoms with Gasteiger partial charge in [-0.25, -0.2) is 4.39 Å². The molecular formula is C24H18FNO3. The minimum Gasteiger partial charge on any atom is -0.454 e. The molecule has 4 rings (SSSR count). The number of benzene rings is 3. The second-order valence-electron chi connectivity index (χ2n) is 6.42. The summed E-state index contributed by atoms with van der Waals surface area (Å²) in [4.78, 5) is 12.0. The molecule has 0 bridgehead atoms. The van der Waals surface area contributed by atoms with E-state index in [9.17, 15) is 9.18 Å². The van der Waals surface area contributed by atoms with Crippen molar-refractivity contribution in [3.8, 4) is 11.5 Å². The number of carbonyl (C=O) groups is 1. The minimum absolute atomic E-state index is 0.132. The van der Waals surface area contributed by atoms with Gasteiger partial charge in [-0.15, -0.1) is 0 Å². The molecule has 4 nitrogen and oxygen atoms in total. The second-order valence-corrected chi connectivity index (χ2v) is 6.42. The van der Waals surface area contributed by atoms with Crippen LogP contribution in [-0.2, 0) is 4.79 Å². The van der Waals surface area contributed by atoms with Crippen LogP contribution in [0.3, 0.4) is 0 Å². The summed E-state index contributed by atoms with van der Waals surface area (Å²) in [5.41, 5.74) is 2.62. The first-order chi connectivity index (χ1) is 14.2. The van der Waals surface area contributed by atoms with Crippen molar-refractivity contribution in [3.63, 3.8) is 0 Å². The van der Waals surface area contributed by atoms with Crippen molar-refractivity contribution in [1.29, 1.82) is 0 Å². The molecule has 1 aliphatic rings. The maximum absolute atomic E-state index is 14.4. The third kappa shape index (κ3) is 4.71. The van der Waals surface area contributed by atoms with Crippen LogP contribution in [0.4, 0.5) is 10.1 Å². The number of hydrogen-bond donors (Lipinski definition) is 1. The van der Waals surface area contributed by atoms with Gasteiger partial charge in [0.2, 0.25) is 12.7 Å². The van der Waals surface area contributed by atoms with Crippen LogP contribution >= 0.6 is 0 Å². The van der Waals surface area contributed by atoms with Crippen molar-refractivity contribution in [2.45, 2.75) is 0 Å². The van der Waals surface area contributed by atoms with Crippen LogP contribution in [-0.4, -0.2) is 12.7 Å². The van der Waals surface area contributed by atoms with Gasteiger partial charge in [0.25, 0.3) is 0 Å². The summed E-state index contributed by atoms with van der Waals surface area (Å²) in [6.45, 7) is 0.224. The minimum atomic E-state index is -0.501. The summed E-state index contributed by atoms with van der Waals surface area (Å²) < 4.78 is 25.0. The number of nitrogens with one attached hydrogen (secondary N) is 1. The molecule has 5 heteroatoms. The summed E-state index contributed by atoms with van der Waals surface area (Å²) >= 11 is 0. The van der Waals surface area contributed by atoms with E-state index >= 15 is 0 Å². The van der Waals surface area contributed by atoms with Crippen molar-refractivity contribution < 1.29 is 18.7 Å². The number of ether oxygens (including phenoxy) is 2. The van der Waals surface area contributed by atoms with E-state index in [1.54, 1.807) is 24.3 Å². The molecule has 0 spiro atoms. The van der Waals surface area contributed by atoms with Gasteiger partial charge in [0.15, 0.2) is 11.5 Å². The number of amides is 1. The Kier molecular flexibility index (Phi) is 5.38. The van der Waals surface area contributed by atoms with Crippen LogP contribution < -0.4 is 14.8 Å². The predicted molar refractivity (Wildman–Crippen MR) is 112 cm³/mol. The summed E-state index contributed by atoms with van der Waals surface area (Å²) in [6, 6.07) is 19.7. The molecule has 144 valence electrons. The summed E-state index contributed by atoms with van der Waals surface area (Å²) in [5, 5.41) is 2.55. The third-order valence-corrected chi connectivity index (χ3v) is 4.34. The number of halogens is 1. The van der Waals surface area contributed by atoms with Gasteiger partial charge >= 0.3 is 0 Å². The van der Waals surface area contributed by atoms with Crippen molar-refractivity contribution in [2.24, 2.45) is 0 Å². The quantitative estimate of drug-likeness (QED) is 0.472. The average molecular weight is 387 g/mol. The first kappa shape index (κ1) is 18.5. The van der Waals surface area contributed by atoms with E-state index in [0.29, 0.717) is 11.3 Å². The van der Waals surface area contributed by atoms with Crippen LogP contribution in [0.5, 0.6) is 11.5 Å². The highest BCUT2D eigenvalue weighted by Crippen LogP contribution is 2.33. The molecule has 0 saturated heterocycles. The molecule has 0 atom stereocenters. The van der Waals surface area contributed by atoms with Crippen LogP contribution in [0, 0.1) is 5.82 Å². The van der Waals surface area contributed by atoms with E-state index < -0.39 is 11.7 Å². The fraction of sp³-hybridized carbons (Fsp3) is 0.0417. The molecule has 3 aromatic rings. The largest absolute Gasteiger partial charge is 0.454 e. The number of hydrogen-bond acceptors (Lipinski definition) is 3. The molecule has 0 aliphatic carbocycles. The lowest BCUT2D eigenvalue weighted by atomic mass is 10.1. The van der Waals surface area contributed by atoms with Crippen LogP contribution in [0.15, 0.2) is 72.8 Å². The van der Waals surface area contributed by atoms with Gasteiger partial charge < -0.3 is 14.8 Å². The van der Waals surface area contributed by atoms with E-state index in [-0.39, 0.29) is 12.5 Å².